The average Bonchev–Trinajstić information content (AvgIpc) is 3.45. The van der Waals surface area contributed by atoms with Crippen LogP contribution >= 0.6 is 0 Å². The van der Waals surface area contributed by atoms with Gasteiger partial charge in [-0.15, -0.1) is 0 Å². The first kappa shape index (κ1) is 66.2. The van der Waals surface area contributed by atoms with Crippen LogP contribution < -0.4 is 26.0 Å². The van der Waals surface area contributed by atoms with Crippen LogP contribution in [0, 0.1) is 0 Å². The number of hydrogen-bond acceptors (Lipinski definition) is 15. The number of nitrogens with one attached hydrogen (secondary N) is 4. The van der Waals surface area contributed by atoms with E-state index in [2.05, 4.69) is 21.3 Å². The molecule has 1 aliphatic rings. The highest BCUT2D eigenvalue weighted by atomic mass is 16.7. The Labute approximate surface area is 475 Å². The van der Waals surface area contributed by atoms with E-state index < -0.39 is 60.7 Å². The lowest BCUT2D eigenvalue weighted by molar-refractivity contribution is -0.277. The highest BCUT2D eigenvalue weighted by Gasteiger charge is 2.44. The van der Waals surface area contributed by atoms with Gasteiger partial charge < -0.3 is 75.5 Å². The number of aliphatic hydroxyl groups is 4. The molecule has 4 aromatic rings. The highest BCUT2D eigenvalue weighted by Crippen LogP contribution is 2.26. The minimum atomic E-state index is -1.56. The number of phenolic OH excluding ortho intramolecular Hbond substituents is 1. The molecule has 4 aromatic carbocycles. The minimum Gasteiger partial charge on any atom is -0.508 e. The molecule has 5 rings (SSSR count). The van der Waals surface area contributed by atoms with E-state index >= 15 is 0 Å². The summed E-state index contributed by atoms with van der Waals surface area (Å²) in [5, 5.41) is 60.1. The van der Waals surface area contributed by atoms with Crippen molar-refractivity contribution in [3.63, 3.8) is 0 Å². The predicted octanol–water partition coefficient (Wildman–Crippen LogP) is 7.37. The molecule has 0 aromatic heterocycles. The van der Waals surface area contributed by atoms with Crippen molar-refractivity contribution in [3.05, 3.63) is 120 Å². The Hall–Kier alpha value is -7.30. The van der Waals surface area contributed by atoms with E-state index in [-0.39, 0.29) is 61.1 Å². The first-order valence-electron chi connectivity index (χ1n) is 27.6. The Morgan fingerprint density at radius 2 is 0.926 bits per heavy atom. The van der Waals surface area contributed by atoms with Gasteiger partial charge in [0.05, 0.1) is 6.61 Å². The number of nitrogens with zero attached hydrogens (tertiary/aromatic N) is 2. The lowest BCUT2D eigenvalue weighted by Gasteiger charge is -2.39. The van der Waals surface area contributed by atoms with Crippen LogP contribution in [-0.2, 0) is 23.8 Å². The van der Waals surface area contributed by atoms with Crippen LogP contribution in [0.5, 0.6) is 11.5 Å². The molecular weight excluding hydrogens is 1040 g/mol. The first-order chi connectivity index (χ1) is 38.5. The number of phenols is 1. The van der Waals surface area contributed by atoms with Gasteiger partial charge in [-0.2, -0.15) is 0 Å². The lowest BCUT2D eigenvalue weighted by atomic mass is 9.99. The van der Waals surface area contributed by atoms with Crippen molar-refractivity contribution in [1.29, 1.82) is 0 Å². The van der Waals surface area contributed by atoms with Crippen LogP contribution in [0.15, 0.2) is 109 Å². The molecule has 21 nitrogen and oxygen atoms in total. The molecule has 81 heavy (non-hydrogen) atoms. The molecule has 0 radical (unpaired) electrons. The molecule has 0 saturated carbocycles. The second-order valence-corrected chi connectivity index (χ2v) is 21.5. The Balaban J connectivity index is 0.000000362. The van der Waals surface area contributed by atoms with Crippen molar-refractivity contribution in [1.82, 2.24) is 20.4 Å². The topological polar surface area (TPSA) is 295 Å². The van der Waals surface area contributed by atoms with E-state index in [1.807, 2.05) is 57.2 Å². The number of carbonyl (C=O) groups is 6. The van der Waals surface area contributed by atoms with Gasteiger partial charge in [-0.25, -0.2) is 9.59 Å². The number of anilines is 2. The fourth-order valence-electron chi connectivity index (χ4n) is 7.97. The van der Waals surface area contributed by atoms with Crippen molar-refractivity contribution < 1.29 is 73.2 Å². The summed E-state index contributed by atoms with van der Waals surface area (Å²) < 4.78 is 22.0. The molecule has 6 amide bonds. The molecule has 444 valence electrons. The van der Waals surface area contributed by atoms with Gasteiger partial charge in [-0.1, -0.05) is 62.1 Å². The smallest absolute Gasteiger partial charge is 0.410 e. The van der Waals surface area contributed by atoms with Gasteiger partial charge >= 0.3 is 12.2 Å². The summed E-state index contributed by atoms with van der Waals surface area (Å²) in [6.07, 6.45) is -1.14. The van der Waals surface area contributed by atoms with Gasteiger partial charge in [0.1, 0.15) is 47.1 Å². The first-order valence-corrected chi connectivity index (χ1v) is 27.6. The molecule has 0 bridgehead atoms. The normalized spacial score (nSPS) is 16.8. The van der Waals surface area contributed by atoms with Gasteiger partial charge in [0.2, 0.25) is 18.1 Å². The van der Waals surface area contributed by atoms with Gasteiger partial charge in [0.25, 0.3) is 11.8 Å². The van der Waals surface area contributed by atoms with Crippen LogP contribution in [0.3, 0.4) is 0 Å². The van der Waals surface area contributed by atoms with Crippen LogP contribution in [0.25, 0.3) is 0 Å². The number of carbonyl (C=O) groups excluding carboxylic acids is 6. The van der Waals surface area contributed by atoms with Crippen LogP contribution in [0.4, 0.5) is 21.0 Å². The van der Waals surface area contributed by atoms with Crippen molar-refractivity contribution in [2.75, 3.05) is 56.5 Å². The number of rotatable bonds is 27. The van der Waals surface area contributed by atoms with Gasteiger partial charge in [0, 0.05) is 74.6 Å². The third-order valence-electron chi connectivity index (χ3n) is 12.3. The second-order valence-electron chi connectivity index (χ2n) is 21.5. The molecule has 1 heterocycles. The van der Waals surface area contributed by atoms with Crippen LogP contribution in [0.2, 0.25) is 0 Å². The SMILES string of the molecule is CC(C)(C)OC(=O)N(CCCCCCNC(=O)c1ccccc1)CCC(=O)Nc1ccc(O)cc1.CC(C)(C)OC(=O)N(CCCCCCNC(=O)c1ccccc1)CCC(=O)Nc1ccc(O[C@H]2O[C@H](CO)[C@@H](O)[C@H](O)[C@H]2O)cc1. The van der Waals surface area contributed by atoms with Gasteiger partial charge in [-0.3, -0.25) is 19.2 Å². The fourth-order valence-corrected chi connectivity index (χ4v) is 7.97. The summed E-state index contributed by atoms with van der Waals surface area (Å²) in [6.45, 7) is 12.7. The largest absolute Gasteiger partial charge is 0.508 e. The number of aliphatic hydroxyl groups excluding tert-OH is 4. The fraction of sp³-hybridized carbons (Fsp3) is 0.500. The minimum absolute atomic E-state index is 0.0356. The average molecular weight is 1130 g/mol. The number of ether oxygens (including phenoxy) is 4. The van der Waals surface area contributed by atoms with Crippen molar-refractivity contribution in [2.24, 2.45) is 0 Å². The summed E-state index contributed by atoms with van der Waals surface area (Å²) in [6, 6.07) is 30.6. The molecule has 5 atom stereocenters. The third kappa shape index (κ3) is 25.8. The molecule has 9 N–H and O–H groups in total. The van der Waals surface area contributed by atoms with E-state index in [1.54, 1.807) is 74.2 Å². The van der Waals surface area contributed by atoms with Crippen molar-refractivity contribution in [3.8, 4) is 11.5 Å². The summed E-state index contributed by atoms with van der Waals surface area (Å²) in [4.78, 5) is 77.8. The molecule has 0 spiro atoms. The third-order valence-corrected chi connectivity index (χ3v) is 12.3. The van der Waals surface area contributed by atoms with E-state index in [1.165, 1.54) is 29.2 Å². The number of aromatic hydroxyl groups is 1. The predicted molar refractivity (Wildman–Crippen MR) is 306 cm³/mol. The number of amides is 6. The number of unbranched alkanes of at least 4 members (excludes halogenated alkanes) is 6. The van der Waals surface area contributed by atoms with E-state index in [9.17, 15) is 54.3 Å². The maximum Gasteiger partial charge on any atom is 0.410 e. The molecule has 1 aliphatic heterocycles. The number of hydrogen-bond donors (Lipinski definition) is 9. The number of benzene rings is 4. The zero-order valence-corrected chi connectivity index (χ0v) is 47.5. The Morgan fingerprint density at radius 3 is 1.33 bits per heavy atom. The Bertz CT molecular complexity index is 2520. The Kier molecular flexibility index (Phi) is 27.9. The second kappa shape index (κ2) is 34.1. The Morgan fingerprint density at radius 1 is 0.519 bits per heavy atom. The van der Waals surface area contributed by atoms with E-state index in [0.29, 0.717) is 55.1 Å². The van der Waals surface area contributed by atoms with Crippen LogP contribution in [-0.4, -0.2) is 159 Å². The van der Waals surface area contributed by atoms with E-state index in [0.717, 1.165) is 44.9 Å². The lowest BCUT2D eigenvalue weighted by Crippen LogP contribution is -2.60. The molecule has 1 fully saturated rings. The molecule has 21 heteroatoms. The summed E-state index contributed by atoms with van der Waals surface area (Å²) in [5.41, 5.74) is 1.01. The van der Waals surface area contributed by atoms with Gasteiger partial charge in [-0.05, 0) is 140 Å². The zero-order chi connectivity index (χ0) is 59.4. The highest BCUT2D eigenvalue weighted by molar-refractivity contribution is 5.95. The van der Waals surface area contributed by atoms with Crippen molar-refractivity contribution >= 4 is 47.2 Å². The quantitative estimate of drug-likeness (QED) is 0.0208. The summed E-state index contributed by atoms with van der Waals surface area (Å²) in [7, 11) is 0. The van der Waals surface area contributed by atoms with Crippen LogP contribution in [0.1, 0.15) is 126 Å². The molecular formula is C60H84N6O15. The van der Waals surface area contributed by atoms with Gasteiger partial charge in [0.15, 0.2) is 0 Å². The maximum absolute atomic E-state index is 12.8. The summed E-state index contributed by atoms with van der Waals surface area (Å²) in [5.74, 6) is -0.335. The monoisotopic (exact) mass is 1130 g/mol. The maximum atomic E-state index is 12.8. The van der Waals surface area contributed by atoms with E-state index in [4.69, 9.17) is 18.9 Å². The zero-order valence-electron chi connectivity index (χ0n) is 47.5. The molecule has 1 saturated heterocycles. The summed E-state index contributed by atoms with van der Waals surface area (Å²) >= 11 is 0. The standard InChI is InChI=1S/C33H47N3O10.C27H37N3O5/c1-33(2,3)46-32(43)36(19-10-5-4-9-18-34-30(42)22-11-7-6-8-12-22)20-17-26(38)35-23-13-15-24(16-14-23)44-31-29(41)28(40)27(39)25(21-37)45-31;1-27(2,3)35-26(34)30(20-17-24(32)29-22-13-15-23(31)16-14-22)19-10-5-4-9-18-28-25(33)21-11-7-6-8-12-21/h6-8,11-16,25,27-29,31,37,39-41H,4-5,9-10,17-21H2,1-3H3,(H,34,42)(H,35,38);6-8,11-16,31H,4-5,9-10,17-20H2,1-3H3,(H,28,33)(H,29,32)/t25-,27-,28+,29-,31+;/m1./s1. The van der Waals surface area contributed by atoms with Crippen molar-refractivity contribution in [2.45, 2.75) is 148 Å². The molecule has 0 aliphatic carbocycles. The molecule has 0 unspecified atom stereocenters.